The molecule has 134 valence electrons. The minimum atomic E-state index is -0.112. The van der Waals surface area contributed by atoms with Crippen molar-refractivity contribution in [1.29, 1.82) is 5.26 Å². The predicted molar refractivity (Wildman–Crippen MR) is 98.9 cm³/mol. The van der Waals surface area contributed by atoms with Crippen LogP contribution in [0, 0.1) is 32.1 Å². The third-order valence-corrected chi connectivity index (χ3v) is 5.18. The third kappa shape index (κ3) is 3.44. The van der Waals surface area contributed by atoms with E-state index in [-0.39, 0.29) is 11.9 Å². The van der Waals surface area contributed by atoms with Gasteiger partial charge in [0, 0.05) is 23.2 Å². The summed E-state index contributed by atoms with van der Waals surface area (Å²) in [5.41, 5.74) is 4.61. The Bertz CT molecular complexity index is 1010. The van der Waals surface area contributed by atoms with Crippen LogP contribution in [-0.4, -0.2) is 25.5 Å². The number of carbonyl (C=O) groups is 1. The molecule has 1 unspecified atom stereocenters. The number of carbonyl (C=O) groups excluding carboxylic acids is 1. The molecule has 0 saturated carbocycles. The molecule has 3 heterocycles. The van der Waals surface area contributed by atoms with Gasteiger partial charge in [0.1, 0.15) is 11.6 Å². The van der Waals surface area contributed by atoms with Crippen LogP contribution in [0.1, 0.15) is 52.6 Å². The fourth-order valence-corrected chi connectivity index (χ4v) is 3.66. The number of hydrogen-bond donors (Lipinski definition) is 1. The van der Waals surface area contributed by atoms with Gasteiger partial charge in [-0.1, -0.05) is 0 Å². The highest BCUT2D eigenvalue weighted by molar-refractivity contribution is 7.09. The monoisotopic (exact) mass is 368 g/mol. The van der Waals surface area contributed by atoms with Crippen LogP contribution in [0.3, 0.4) is 0 Å². The van der Waals surface area contributed by atoms with Gasteiger partial charge >= 0.3 is 0 Å². The molecule has 0 spiro atoms. The summed E-state index contributed by atoms with van der Waals surface area (Å²) in [4.78, 5) is 21.2. The lowest BCUT2D eigenvalue weighted by Gasteiger charge is -2.13. The zero-order valence-electron chi connectivity index (χ0n) is 15.2. The van der Waals surface area contributed by atoms with Crippen LogP contribution in [0.4, 0.5) is 0 Å². The number of nitrogens with one attached hydrogen (secondary N) is 1. The van der Waals surface area contributed by atoms with Crippen LogP contribution >= 0.6 is 11.3 Å². The second-order valence-electron chi connectivity index (χ2n) is 6.25. The van der Waals surface area contributed by atoms with Crippen molar-refractivity contribution in [3.63, 3.8) is 0 Å². The Morgan fingerprint density at radius 1 is 1.38 bits per heavy atom. The lowest BCUT2D eigenvalue weighted by atomic mass is 10.1. The number of nitriles is 1. The second kappa shape index (κ2) is 7.22. The number of thiazole rings is 1. The van der Waals surface area contributed by atoms with E-state index < -0.39 is 0 Å². The number of nitrogens with zero attached hydrogens (tertiary/aromatic N) is 5. The van der Waals surface area contributed by atoms with Crippen molar-refractivity contribution >= 4 is 22.9 Å². The maximum atomic E-state index is 12.3. The number of rotatable bonds is 5. The van der Waals surface area contributed by atoms with Crippen molar-refractivity contribution in [3.05, 3.63) is 44.8 Å². The van der Waals surface area contributed by atoms with E-state index >= 15 is 0 Å². The average Bonchev–Trinajstić information content (AvgIpc) is 3.20. The molecule has 1 amide bonds. The summed E-state index contributed by atoms with van der Waals surface area (Å²) < 4.78 is 1.67. The van der Waals surface area contributed by atoms with Gasteiger partial charge < -0.3 is 5.32 Å². The molecule has 26 heavy (non-hydrogen) atoms. The molecule has 1 atom stereocenters. The molecular weight excluding hydrogens is 348 g/mol. The van der Waals surface area contributed by atoms with Gasteiger partial charge in [-0.3, -0.25) is 4.79 Å². The summed E-state index contributed by atoms with van der Waals surface area (Å²) >= 11 is 1.58. The first-order chi connectivity index (χ1) is 12.4. The maximum Gasteiger partial charge on any atom is 0.220 e. The van der Waals surface area contributed by atoms with Gasteiger partial charge in [0.05, 0.1) is 22.9 Å². The second-order valence-corrected chi connectivity index (χ2v) is 7.31. The van der Waals surface area contributed by atoms with Crippen molar-refractivity contribution in [2.45, 2.75) is 46.6 Å². The fraction of sp³-hybridized carbons (Fsp3) is 0.389. The van der Waals surface area contributed by atoms with Crippen molar-refractivity contribution in [2.24, 2.45) is 0 Å². The molecular formula is C18H20N6OS. The van der Waals surface area contributed by atoms with Gasteiger partial charge in [0.2, 0.25) is 5.91 Å². The van der Waals surface area contributed by atoms with Gasteiger partial charge in [0.25, 0.3) is 0 Å². The molecule has 0 bridgehead atoms. The van der Waals surface area contributed by atoms with E-state index in [1.54, 1.807) is 15.9 Å². The highest BCUT2D eigenvalue weighted by Crippen LogP contribution is 2.19. The molecule has 1 N–H and O–H groups in total. The summed E-state index contributed by atoms with van der Waals surface area (Å²) in [7, 11) is 0. The van der Waals surface area contributed by atoms with Gasteiger partial charge in [-0.25, -0.2) is 14.5 Å². The standard InChI is InChI=1S/C18H20N6OS/c1-10-15(12(3)24-18(22-10)14(7-19)8-20-24)5-6-17(25)21-11(2)16-9-26-13(4)23-16/h8-9,11H,5-6H2,1-4H3,(H,21,25). The first-order valence-corrected chi connectivity index (χ1v) is 9.24. The SMILES string of the molecule is Cc1nc(C(C)NC(=O)CCc2c(C)nc3c(C#N)cnn3c2C)cs1. The maximum absolute atomic E-state index is 12.3. The lowest BCUT2D eigenvalue weighted by Crippen LogP contribution is -2.27. The Hall–Kier alpha value is -2.79. The van der Waals surface area contributed by atoms with Crippen LogP contribution < -0.4 is 5.32 Å². The van der Waals surface area contributed by atoms with E-state index in [1.165, 1.54) is 6.20 Å². The highest BCUT2D eigenvalue weighted by atomic mass is 32.1. The smallest absolute Gasteiger partial charge is 0.220 e. The Labute approximate surface area is 155 Å². The summed E-state index contributed by atoms with van der Waals surface area (Å²) in [6.45, 7) is 7.72. The van der Waals surface area contributed by atoms with Crippen LogP contribution in [0.25, 0.3) is 5.65 Å². The predicted octanol–water partition coefficient (Wildman–Crippen LogP) is 2.79. The summed E-state index contributed by atoms with van der Waals surface area (Å²) in [5.74, 6) is -0.0276. The molecule has 3 rings (SSSR count). The number of aromatic nitrogens is 4. The summed E-state index contributed by atoms with van der Waals surface area (Å²) in [6.07, 6.45) is 2.44. The number of amides is 1. The van der Waals surface area contributed by atoms with Crippen LogP contribution in [0.5, 0.6) is 0 Å². The normalized spacial score (nSPS) is 12.1. The Morgan fingerprint density at radius 2 is 2.15 bits per heavy atom. The van der Waals surface area contributed by atoms with E-state index in [0.717, 1.165) is 27.7 Å². The summed E-state index contributed by atoms with van der Waals surface area (Å²) in [5, 5.41) is 19.3. The van der Waals surface area contributed by atoms with Crippen LogP contribution in [0.2, 0.25) is 0 Å². The number of aryl methyl sites for hydroxylation is 3. The molecule has 8 heteroatoms. The van der Waals surface area contributed by atoms with Gasteiger partial charge in [-0.15, -0.1) is 11.3 Å². The van der Waals surface area contributed by atoms with Gasteiger partial charge in [-0.2, -0.15) is 10.4 Å². The zero-order valence-corrected chi connectivity index (χ0v) is 16.0. The van der Waals surface area contributed by atoms with Crippen molar-refractivity contribution in [1.82, 2.24) is 24.9 Å². The molecule has 0 aliphatic rings. The Kier molecular flexibility index (Phi) is 5.00. The van der Waals surface area contributed by atoms with Crippen LogP contribution in [-0.2, 0) is 11.2 Å². The number of hydrogen-bond acceptors (Lipinski definition) is 6. The van der Waals surface area contributed by atoms with E-state index in [9.17, 15) is 4.79 Å². The van der Waals surface area contributed by atoms with Gasteiger partial charge in [-0.05, 0) is 39.7 Å². The highest BCUT2D eigenvalue weighted by Gasteiger charge is 2.16. The molecule has 0 aliphatic heterocycles. The molecule has 0 saturated heterocycles. The van der Waals surface area contributed by atoms with E-state index in [4.69, 9.17) is 5.26 Å². The Morgan fingerprint density at radius 3 is 2.81 bits per heavy atom. The fourth-order valence-electron chi connectivity index (χ4n) is 2.96. The average molecular weight is 368 g/mol. The van der Waals surface area contributed by atoms with Crippen molar-refractivity contribution in [2.75, 3.05) is 0 Å². The third-order valence-electron chi connectivity index (χ3n) is 4.39. The largest absolute Gasteiger partial charge is 0.348 e. The zero-order chi connectivity index (χ0) is 18.8. The molecule has 7 nitrogen and oxygen atoms in total. The van der Waals surface area contributed by atoms with Gasteiger partial charge in [0.15, 0.2) is 5.65 Å². The minimum Gasteiger partial charge on any atom is -0.348 e. The Balaban J connectivity index is 1.71. The quantitative estimate of drug-likeness (QED) is 0.747. The van der Waals surface area contributed by atoms with Crippen LogP contribution in [0.15, 0.2) is 11.6 Å². The molecule has 3 aromatic rings. The topological polar surface area (TPSA) is 96.0 Å². The molecule has 0 radical (unpaired) electrons. The summed E-state index contributed by atoms with van der Waals surface area (Å²) in [6, 6.07) is 1.99. The molecule has 3 aromatic heterocycles. The van der Waals surface area contributed by atoms with E-state index in [2.05, 4.69) is 26.5 Å². The van der Waals surface area contributed by atoms with Crippen molar-refractivity contribution < 1.29 is 4.79 Å². The lowest BCUT2D eigenvalue weighted by molar-refractivity contribution is -0.121. The molecule has 0 aliphatic carbocycles. The first kappa shape index (κ1) is 18.0. The first-order valence-electron chi connectivity index (χ1n) is 8.36. The molecule has 0 aromatic carbocycles. The molecule has 0 fully saturated rings. The number of fused-ring (bicyclic) bond motifs is 1. The van der Waals surface area contributed by atoms with E-state index in [1.807, 2.05) is 33.1 Å². The minimum absolute atomic E-state index is 0.0276. The van der Waals surface area contributed by atoms with Crippen molar-refractivity contribution in [3.8, 4) is 6.07 Å². The van der Waals surface area contributed by atoms with E-state index in [0.29, 0.717) is 24.1 Å².